The van der Waals surface area contributed by atoms with Crippen molar-refractivity contribution in [2.24, 2.45) is 0 Å². The van der Waals surface area contributed by atoms with E-state index in [9.17, 15) is 0 Å². The van der Waals surface area contributed by atoms with Gasteiger partial charge in [0.2, 0.25) is 0 Å². The highest BCUT2D eigenvalue weighted by Crippen LogP contribution is 2.20. The highest BCUT2D eigenvalue weighted by molar-refractivity contribution is 6.33. The monoisotopic (exact) mass is 173 g/mol. The molecule has 0 spiro atoms. The Labute approximate surface area is 70.8 Å². The summed E-state index contributed by atoms with van der Waals surface area (Å²) in [5.74, 6) is 0. The molecule has 0 N–H and O–H groups in total. The highest BCUT2D eigenvalue weighted by Gasteiger charge is 1.96. The van der Waals surface area contributed by atoms with Gasteiger partial charge in [-0.05, 0) is 37.1 Å². The fraction of sp³-hybridized carbons (Fsp3) is 0.125. The Kier molecular flexibility index (Phi) is 2.58. The van der Waals surface area contributed by atoms with E-state index in [-0.39, 0.29) is 0 Å². The Bertz CT molecular complexity index is 231. The summed E-state index contributed by atoms with van der Waals surface area (Å²) >= 11 is 11.5. The molecule has 1 aromatic rings. The molecule has 10 heavy (non-hydrogen) atoms. The van der Waals surface area contributed by atoms with Gasteiger partial charge in [-0.3, -0.25) is 0 Å². The third-order valence-corrected chi connectivity index (χ3v) is 1.88. The van der Waals surface area contributed by atoms with E-state index in [2.05, 4.69) is 6.92 Å². The molecule has 2 heteroatoms. The second kappa shape index (κ2) is 3.27. The first-order valence-electron chi connectivity index (χ1n) is 2.97. The summed E-state index contributed by atoms with van der Waals surface area (Å²) in [6.45, 7) is 3.71. The van der Waals surface area contributed by atoms with Crippen molar-refractivity contribution < 1.29 is 0 Å². The molecule has 0 saturated heterocycles. The molecule has 0 bridgehead atoms. The molecule has 0 aromatic heterocycles. The van der Waals surface area contributed by atoms with Crippen molar-refractivity contribution in [2.45, 2.75) is 6.42 Å². The van der Waals surface area contributed by atoms with Crippen molar-refractivity contribution in [3.63, 3.8) is 0 Å². The van der Waals surface area contributed by atoms with Gasteiger partial charge in [-0.2, -0.15) is 0 Å². The van der Waals surface area contributed by atoms with Crippen LogP contribution in [-0.2, 0) is 6.42 Å². The van der Waals surface area contributed by atoms with Crippen LogP contribution < -0.4 is 0 Å². The van der Waals surface area contributed by atoms with E-state index in [0.29, 0.717) is 11.4 Å². The van der Waals surface area contributed by atoms with E-state index in [1.807, 2.05) is 6.07 Å². The van der Waals surface area contributed by atoms with Crippen LogP contribution in [-0.4, -0.2) is 0 Å². The van der Waals surface area contributed by atoms with Crippen LogP contribution in [0.3, 0.4) is 0 Å². The van der Waals surface area contributed by atoms with Crippen molar-refractivity contribution in [1.82, 2.24) is 0 Å². The largest absolute Gasteiger partial charge is 0.0843 e. The summed E-state index contributed by atoms with van der Waals surface area (Å²) in [5.41, 5.74) is 0.995. The predicted octanol–water partition coefficient (Wildman–Crippen LogP) is 3.37. The van der Waals surface area contributed by atoms with Crippen LogP contribution in [0, 0.1) is 6.92 Å². The van der Waals surface area contributed by atoms with E-state index in [0.717, 1.165) is 10.6 Å². The third-order valence-electron chi connectivity index (χ3n) is 1.28. The zero-order valence-electron chi connectivity index (χ0n) is 5.40. The molecule has 0 unspecified atom stereocenters. The number of halogens is 2. The maximum Gasteiger partial charge on any atom is 0.0439 e. The Hall–Kier alpha value is -0.200. The molecular formula is C8H7Cl2. The fourth-order valence-electron chi connectivity index (χ4n) is 0.735. The van der Waals surface area contributed by atoms with Crippen molar-refractivity contribution in [1.29, 1.82) is 0 Å². The minimum atomic E-state index is 0.680. The summed E-state index contributed by atoms with van der Waals surface area (Å²) in [6.07, 6.45) is 0.680. The summed E-state index contributed by atoms with van der Waals surface area (Å²) < 4.78 is 0. The molecule has 0 fully saturated rings. The average Bonchev–Trinajstić information content (AvgIpc) is 1.94. The van der Waals surface area contributed by atoms with Crippen LogP contribution >= 0.6 is 23.2 Å². The summed E-state index contributed by atoms with van der Waals surface area (Å²) in [4.78, 5) is 0. The van der Waals surface area contributed by atoms with Gasteiger partial charge in [0.15, 0.2) is 0 Å². The average molecular weight is 174 g/mol. The van der Waals surface area contributed by atoms with E-state index in [1.54, 1.807) is 12.1 Å². The molecule has 1 aromatic carbocycles. The molecule has 0 heterocycles. The molecule has 0 aliphatic carbocycles. The molecular weight excluding hydrogens is 167 g/mol. The normalized spacial score (nSPS) is 9.90. The van der Waals surface area contributed by atoms with Crippen molar-refractivity contribution in [2.75, 3.05) is 0 Å². The topological polar surface area (TPSA) is 0 Å². The third kappa shape index (κ3) is 1.65. The van der Waals surface area contributed by atoms with Gasteiger partial charge >= 0.3 is 0 Å². The lowest BCUT2D eigenvalue weighted by molar-refractivity contribution is 1.27. The first-order chi connectivity index (χ1) is 4.74. The zero-order valence-corrected chi connectivity index (χ0v) is 6.91. The van der Waals surface area contributed by atoms with Crippen molar-refractivity contribution >= 4 is 23.2 Å². The van der Waals surface area contributed by atoms with Gasteiger partial charge in [-0.15, -0.1) is 0 Å². The standard InChI is InChI=1S/C8H7Cl2/c1-2-6-5-7(9)3-4-8(6)10/h3-5H,1-2H2. The van der Waals surface area contributed by atoms with Gasteiger partial charge in [0, 0.05) is 10.0 Å². The first-order valence-corrected chi connectivity index (χ1v) is 3.73. The SMILES string of the molecule is [CH2]Cc1cc(Cl)ccc1Cl. The second-order valence-corrected chi connectivity index (χ2v) is 2.83. The van der Waals surface area contributed by atoms with Gasteiger partial charge in [-0.25, -0.2) is 0 Å². The van der Waals surface area contributed by atoms with Crippen molar-refractivity contribution in [3.8, 4) is 0 Å². The number of rotatable bonds is 1. The smallest absolute Gasteiger partial charge is 0.0439 e. The fourth-order valence-corrected chi connectivity index (χ4v) is 1.14. The van der Waals surface area contributed by atoms with E-state index in [4.69, 9.17) is 23.2 Å². The molecule has 0 amide bonds. The van der Waals surface area contributed by atoms with Crippen LogP contribution in [0.2, 0.25) is 10.0 Å². The Morgan fingerprint density at radius 3 is 2.50 bits per heavy atom. The molecule has 0 atom stereocenters. The van der Waals surface area contributed by atoms with Gasteiger partial charge in [0.25, 0.3) is 0 Å². The van der Waals surface area contributed by atoms with Crippen molar-refractivity contribution in [3.05, 3.63) is 40.7 Å². The lowest BCUT2D eigenvalue weighted by Gasteiger charge is -1.99. The molecule has 1 radical (unpaired) electrons. The molecule has 1 rings (SSSR count). The van der Waals surface area contributed by atoms with E-state index >= 15 is 0 Å². The van der Waals surface area contributed by atoms with Crippen LogP contribution in [0.5, 0.6) is 0 Å². The molecule has 53 valence electrons. The van der Waals surface area contributed by atoms with Crippen LogP contribution in [0.25, 0.3) is 0 Å². The van der Waals surface area contributed by atoms with Gasteiger partial charge in [0.05, 0.1) is 0 Å². The Morgan fingerprint density at radius 1 is 1.30 bits per heavy atom. The molecule has 0 saturated carbocycles. The van der Waals surface area contributed by atoms with E-state index < -0.39 is 0 Å². The zero-order chi connectivity index (χ0) is 7.56. The summed E-state index contributed by atoms with van der Waals surface area (Å²) in [7, 11) is 0. The predicted molar refractivity (Wildman–Crippen MR) is 45.5 cm³/mol. The van der Waals surface area contributed by atoms with Gasteiger partial charge in [-0.1, -0.05) is 23.2 Å². The van der Waals surface area contributed by atoms with E-state index in [1.165, 1.54) is 0 Å². The van der Waals surface area contributed by atoms with Crippen LogP contribution in [0.4, 0.5) is 0 Å². The molecule has 0 nitrogen and oxygen atoms in total. The van der Waals surface area contributed by atoms with Gasteiger partial charge in [0.1, 0.15) is 0 Å². The number of benzene rings is 1. The lowest BCUT2D eigenvalue weighted by atomic mass is 10.2. The lowest BCUT2D eigenvalue weighted by Crippen LogP contribution is -1.80. The van der Waals surface area contributed by atoms with Gasteiger partial charge < -0.3 is 0 Å². The quantitative estimate of drug-likeness (QED) is 0.612. The number of hydrogen-bond donors (Lipinski definition) is 0. The Balaban J connectivity index is 3.09. The summed E-state index contributed by atoms with van der Waals surface area (Å²) in [5, 5.41) is 1.45. The molecule has 0 aliphatic rings. The Morgan fingerprint density at radius 2 is 2.00 bits per heavy atom. The first kappa shape index (κ1) is 7.90. The second-order valence-electron chi connectivity index (χ2n) is 1.99. The maximum absolute atomic E-state index is 5.80. The maximum atomic E-state index is 5.80. The summed E-state index contributed by atoms with van der Waals surface area (Å²) in [6, 6.07) is 5.38. The number of hydrogen-bond acceptors (Lipinski definition) is 0. The minimum Gasteiger partial charge on any atom is -0.0843 e. The van der Waals surface area contributed by atoms with Crippen LogP contribution in [0.15, 0.2) is 18.2 Å². The van der Waals surface area contributed by atoms with Crippen LogP contribution in [0.1, 0.15) is 5.56 Å². The molecule has 0 aliphatic heterocycles. The minimum absolute atomic E-state index is 0.680. The highest BCUT2D eigenvalue weighted by atomic mass is 35.5.